The van der Waals surface area contributed by atoms with Crippen LogP contribution in [0.1, 0.15) is 45.1 Å². The van der Waals surface area contributed by atoms with Crippen LogP contribution in [0.5, 0.6) is 5.75 Å². The maximum atomic E-state index is 11.5. The Morgan fingerprint density at radius 3 is 2.71 bits per heavy atom. The molecule has 1 saturated heterocycles. The van der Waals surface area contributed by atoms with Crippen LogP contribution >= 0.6 is 22.9 Å². The van der Waals surface area contributed by atoms with E-state index in [1.165, 1.54) is 22.9 Å². The molecule has 4 aromatic rings. The molecule has 1 N–H and O–H groups in total. The Morgan fingerprint density at radius 2 is 2.00 bits per heavy atom. The van der Waals surface area contributed by atoms with Crippen LogP contribution in [0.25, 0.3) is 11.0 Å². The number of benzene rings is 1. The summed E-state index contributed by atoms with van der Waals surface area (Å²) in [6.45, 7) is 3.33. The Kier molecular flexibility index (Phi) is 6.59. The first kappa shape index (κ1) is 22.9. The van der Waals surface area contributed by atoms with E-state index in [9.17, 15) is 9.90 Å². The van der Waals surface area contributed by atoms with Gasteiger partial charge in [0.05, 0.1) is 18.0 Å². The van der Waals surface area contributed by atoms with Crippen LogP contribution in [0, 0.1) is 0 Å². The van der Waals surface area contributed by atoms with Crippen molar-refractivity contribution < 1.29 is 14.6 Å². The van der Waals surface area contributed by atoms with Crippen molar-refractivity contribution >= 4 is 39.9 Å². The number of likely N-dealkylation sites (tertiary alicyclic amines) is 1. The van der Waals surface area contributed by atoms with E-state index in [0.717, 1.165) is 48.0 Å². The fourth-order valence-corrected chi connectivity index (χ4v) is 6.05. The molecule has 0 saturated carbocycles. The van der Waals surface area contributed by atoms with Crippen LogP contribution in [0.15, 0.2) is 54.9 Å². The second kappa shape index (κ2) is 9.78. The molecule has 0 radical (unpaired) electrons. The van der Waals surface area contributed by atoms with Crippen LogP contribution in [-0.2, 0) is 13.1 Å². The normalized spacial score (nSPS) is 15.1. The minimum Gasteiger partial charge on any atom is -0.496 e. The molecule has 0 amide bonds. The molecule has 1 aliphatic heterocycles. The zero-order valence-corrected chi connectivity index (χ0v) is 20.5. The average Bonchev–Trinajstić information content (AvgIpc) is 3.43. The van der Waals surface area contributed by atoms with E-state index >= 15 is 0 Å². The first-order valence-corrected chi connectivity index (χ1v) is 12.5. The lowest BCUT2D eigenvalue weighted by molar-refractivity contribution is 0.0693. The number of aromatic nitrogens is 2. The van der Waals surface area contributed by atoms with Gasteiger partial charge in [-0.05, 0) is 67.7 Å². The first-order chi connectivity index (χ1) is 16.5. The van der Waals surface area contributed by atoms with Gasteiger partial charge in [0.15, 0.2) is 0 Å². The second-order valence-corrected chi connectivity index (χ2v) is 10.4. The highest BCUT2D eigenvalue weighted by atomic mass is 35.5. The molecule has 0 spiro atoms. The van der Waals surface area contributed by atoms with Gasteiger partial charge in [-0.1, -0.05) is 23.7 Å². The monoisotopic (exact) mass is 495 g/mol. The van der Waals surface area contributed by atoms with Crippen LogP contribution in [0.2, 0.25) is 4.34 Å². The van der Waals surface area contributed by atoms with Crippen LogP contribution < -0.4 is 4.74 Å². The summed E-state index contributed by atoms with van der Waals surface area (Å²) >= 11 is 7.74. The van der Waals surface area contributed by atoms with Gasteiger partial charge >= 0.3 is 5.97 Å². The second-order valence-electron chi connectivity index (χ2n) is 8.65. The predicted molar refractivity (Wildman–Crippen MR) is 135 cm³/mol. The van der Waals surface area contributed by atoms with Gasteiger partial charge in [0.2, 0.25) is 0 Å². The van der Waals surface area contributed by atoms with Crippen molar-refractivity contribution in [1.29, 1.82) is 0 Å². The van der Waals surface area contributed by atoms with Crippen molar-refractivity contribution in [2.45, 2.75) is 31.8 Å². The molecule has 0 unspecified atom stereocenters. The number of ether oxygens (including phenoxy) is 1. The summed E-state index contributed by atoms with van der Waals surface area (Å²) < 4.78 is 8.49. The summed E-state index contributed by atoms with van der Waals surface area (Å²) in [6, 6.07) is 13.5. The van der Waals surface area contributed by atoms with E-state index in [4.69, 9.17) is 16.3 Å². The molecule has 0 atom stereocenters. The lowest BCUT2D eigenvalue weighted by atomic mass is 9.89. The van der Waals surface area contributed by atoms with Crippen molar-refractivity contribution in [2.75, 3.05) is 20.2 Å². The average molecular weight is 496 g/mol. The molecule has 0 aliphatic carbocycles. The van der Waals surface area contributed by atoms with Gasteiger partial charge in [0.25, 0.3) is 0 Å². The Labute approximate surface area is 207 Å². The molecular formula is C26H26ClN3O3S. The number of carbonyl (C=O) groups is 1. The van der Waals surface area contributed by atoms with E-state index in [1.54, 1.807) is 23.5 Å². The molecular weight excluding hydrogens is 470 g/mol. The highest BCUT2D eigenvalue weighted by molar-refractivity contribution is 7.16. The van der Waals surface area contributed by atoms with E-state index in [2.05, 4.69) is 32.8 Å². The Morgan fingerprint density at radius 1 is 1.18 bits per heavy atom. The number of hydrogen-bond donors (Lipinski definition) is 1. The molecule has 3 aromatic heterocycles. The largest absolute Gasteiger partial charge is 0.496 e. The number of aromatic carboxylic acids is 1. The maximum absolute atomic E-state index is 11.5. The number of carboxylic acids is 1. The molecule has 8 heteroatoms. The van der Waals surface area contributed by atoms with Gasteiger partial charge in [-0.25, -0.2) is 9.78 Å². The van der Waals surface area contributed by atoms with Gasteiger partial charge in [-0.2, -0.15) is 0 Å². The number of nitrogens with zero attached hydrogens (tertiary/aromatic N) is 3. The Bertz CT molecular complexity index is 1320. The number of para-hydroxylation sites is 1. The SMILES string of the molecule is COc1c(CN2CCC(c3cn(Cc4ccc(Cl)s4)c4ncccc34)CC2)cccc1C(=O)O. The van der Waals surface area contributed by atoms with Crippen molar-refractivity contribution in [1.82, 2.24) is 14.5 Å². The maximum Gasteiger partial charge on any atom is 0.339 e. The summed E-state index contributed by atoms with van der Waals surface area (Å²) in [4.78, 5) is 19.8. The zero-order valence-electron chi connectivity index (χ0n) is 18.9. The van der Waals surface area contributed by atoms with Crippen molar-refractivity contribution in [3.63, 3.8) is 0 Å². The third-order valence-corrected chi connectivity index (χ3v) is 7.79. The number of hydrogen-bond acceptors (Lipinski definition) is 5. The van der Waals surface area contributed by atoms with Crippen molar-refractivity contribution in [2.24, 2.45) is 0 Å². The molecule has 176 valence electrons. The molecule has 1 fully saturated rings. The fourth-order valence-electron chi connectivity index (χ4n) is 4.96. The summed E-state index contributed by atoms with van der Waals surface area (Å²) in [7, 11) is 1.53. The van der Waals surface area contributed by atoms with Gasteiger partial charge < -0.3 is 14.4 Å². The number of halogens is 1. The predicted octanol–water partition coefficient (Wildman–Crippen LogP) is 5.89. The standard InChI is InChI=1S/C26H26ClN3O3S/c1-33-24-18(4-2-5-21(24)26(31)32)14-29-12-9-17(10-13-29)22-16-30(15-19-7-8-23(27)34-19)25-20(22)6-3-11-28-25/h2-8,11,16-17H,9-10,12-15H2,1H3,(H,31,32). The summed E-state index contributed by atoms with van der Waals surface area (Å²) in [6.07, 6.45) is 6.20. The Hall–Kier alpha value is -2.87. The number of methoxy groups -OCH3 is 1. The molecule has 34 heavy (non-hydrogen) atoms. The van der Waals surface area contributed by atoms with Gasteiger partial charge in [-0.3, -0.25) is 4.90 Å². The molecule has 1 aliphatic rings. The number of pyridine rings is 1. The molecule has 5 rings (SSSR count). The van der Waals surface area contributed by atoms with E-state index in [-0.39, 0.29) is 5.56 Å². The minimum absolute atomic E-state index is 0.210. The van der Waals surface area contributed by atoms with Crippen molar-refractivity contribution in [3.05, 3.63) is 80.8 Å². The number of fused-ring (bicyclic) bond motifs is 1. The first-order valence-electron chi connectivity index (χ1n) is 11.3. The van der Waals surface area contributed by atoms with Crippen LogP contribution in [0.3, 0.4) is 0 Å². The highest BCUT2D eigenvalue weighted by Crippen LogP contribution is 2.36. The van der Waals surface area contributed by atoms with Crippen molar-refractivity contribution in [3.8, 4) is 5.75 Å². The smallest absolute Gasteiger partial charge is 0.339 e. The Balaban J connectivity index is 1.32. The molecule has 6 nitrogen and oxygen atoms in total. The molecule has 0 bridgehead atoms. The lowest BCUT2D eigenvalue weighted by Crippen LogP contribution is -2.32. The van der Waals surface area contributed by atoms with E-state index in [0.29, 0.717) is 18.2 Å². The topological polar surface area (TPSA) is 67.6 Å². The zero-order chi connectivity index (χ0) is 23.7. The summed E-state index contributed by atoms with van der Waals surface area (Å²) in [5, 5.41) is 10.7. The van der Waals surface area contributed by atoms with Gasteiger partial charge in [0, 0.05) is 34.8 Å². The minimum atomic E-state index is -0.966. The summed E-state index contributed by atoms with van der Waals surface area (Å²) in [5.41, 5.74) is 3.49. The van der Waals surface area contributed by atoms with E-state index < -0.39 is 5.97 Å². The van der Waals surface area contributed by atoms with Gasteiger partial charge in [0.1, 0.15) is 17.0 Å². The van der Waals surface area contributed by atoms with Crippen LogP contribution in [-0.4, -0.2) is 45.7 Å². The van der Waals surface area contributed by atoms with E-state index in [1.807, 2.05) is 24.4 Å². The number of piperidine rings is 1. The summed E-state index contributed by atoms with van der Waals surface area (Å²) in [5.74, 6) is -0.0458. The number of rotatable bonds is 7. The number of carboxylic acid groups (broad SMARTS) is 1. The molecule has 4 heterocycles. The third kappa shape index (κ3) is 4.56. The van der Waals surface area contributed by atoms with Crippen LogP contribution in [0.4, 0.5) is 0 Å². The highest BCUT2D eigenvalue weighted by Gasteiger charge is 2.25. The lowest BCUT2D eigenvalue weighted by Gasteiger charge is -2.32. The molecule has 1 aromatic carbocycles. The third-order valence-electron chi connectivity index (χ3n) is 6.57. The quantitative estimate of drug-likeness (QED) is 0.346. The van der Waals surface area contributed by atoms with Gasteiger partial charge in [-0.15, -0.1) is 11.3 Å². The fraction of sp³-hybridized carbons (Fsp3) is 0.308. The number of thiophene rings is 1.